The molecule has 0 radical (unpaired) electrons. The Morgan fingerprint density at radius 2 is 2.17 bits per heavy atom. The van der Waals surface area contributed by atoms with Gasteiger partial charge in [-0.1, -0.05) is 12.1 Å². The number of methoxy groups -OCH3 is 1. The summed E-state index contributed by atoms with van der Waals surface area (Å²) in [5.41, 5.74) is 0.501. The van der Waals surface area contributed by atoms with E-state index in [1.165, 1.54) is 23.1 Å². The van der Waals surface area contributed by atoms with E-state index in [1.54, 1.807) is 23.8 Å². The first kappa shape index (κ1) is 18.4. The lowest BCUT2D eigenvalue weighted by Gasteiger charge is -2.07. The smallest absolute Gasteiger partial charge is 0.280 e. The summed E-state index contributed by atoms with van der Waals surface area (Å²) in [5.74, 6) is -0.169. The summed E-state index contributed by atoms with van der Waals surface area (Å²) in [5, 5.41) is 4.62. The van der Waals surface area contributed by atoms with Crippen molar-refractivity contribution in [2.75, 3.05) is 26.0 Å². The Bertz CT molecular complexity index is 768. The van der Waals surface area contributed by atoms with E-state index >= 15 is 0 Å². The van der Waals surface area contributed by atoms with E-state index in [0.717, 1.165) is 4.90 Å². The molecule has 128 valence electrons. The van der Waals surface area contributed by atoms with Gasteiger partial charge >= 0.3 is 0 Å². The van der Waals surface area contributed by atoms with E-state index < -0.39 is 0 Å². The van der Waals surface area contributed by atoms with Crippen molar-refractivity contribution in [1.29, 1.82) is 0 Å². The first-order chi connectivity index (χ1) is 11.6. The molecule has 0 aliphatic carbocycles. The Balaban J connectivity index is 2.06. The highest BCUT2D eigenvalue weighted by Crippen LogP contribution is 2.23. The van der Waals surface area contributed by atoms with Crippen LogP contribution in [0.1, 0.15) is 10.4 Å². The standard InChI is InChI=1S/C16H19N3O3S2/c1-19-8-10-23-16(19)18-15(21)12-5-3-4-6-13(12)24-11-14(20)17-7-9-22-2/h3-6,8,10H,7,9,11H2,1-2H3,(H,17,20). The quantitative estimate of drug-likeness (QED) is 0.599. The third-order valence-electron chi connectivity index (χ3n) is 3.06. The number of nitrogens with one attached hydrogen (secondary N) is 1. The zero-order chi connectivity index (χ0) is 17.4. The maximum atomic E-state index is 12.4. The van der Waals surface area contributed by atoms with E-state index in [-0.39, 0.29) is 17.6 Å². The molecule has 2 amide bonds. The van der Waals surface area contributed by atoms with Gasteiger partial charge in [0.05, 0.1) is 17.9 Å². The minimum absolute atomic E-state index is 0.0964. The summed E-state index contributed by atoms with van der Waals surface area (Å²) < 4.78 is 6.68. The number of amides is 2. The molecule has 1 aromatic carbocycles. The van der Waals surface area contributed by atoms with Gasteiger partial charge in [-0.25, -0.2) is 0 Å². The van der Waals surface area contributed by atoms with Gasteiger partial charge in [0.25, 0.3) is 5.91 Å². The summed E-state index contributed by atoms with van der Waals surface area (Å²) in [6, 6.07) is 7.18. The lowest BCUT2D eigenvalue weighted by molar-refractivity contribution is -0.118. The van der Waals surface area contributed by atoms with Gasteiger partial charge in [-0.05, 0) is 12.1 Å². The monoisotopic (exact) mass is 365 g/mol. The van der Waals surface area contributed by atoms with Gasteiger partial charge in [0.2, 0.25) is 5.91 Å². The Labute approximate surface area is 148 Å². The van der Waals surface area contributed by atoms with Crippen molar-refractivity contribution < 1.29 is 14.3 Å². The summed E-state index contributed by atoms with van der Waals surface area (Å²) in [6.45, 7) is 0.947. The molecule has 0 aliphatic heterocycles. The molecule has 8 heteroatoms. The highest BCUT2D eigenvalue weighted by atomic mass is 32.2. The van der Waals surface area contributed by atoms with Crippen LogP contribution in [-0.2, 0) is 16.6 Å². The Kier molecular flexibility index (Phi) is 7.23. The number of carbonyl (C=O) groups excluding carboxylic acids is 2. The number of ether oxygens (including phenoxy) is 1. The molecule has 0 fully saturated rings. The fraction of sp³-hybridized carbons (Fsp3) is 0.312. The second-order valence-corrected chi connectivity index (χ2v) is 6.73. The van der Waals surface area contributed by atoms with Gasteiger partial charge in [0.15, 0.2) is 4.80 Å². The zero-order valence-corrected chi connectivity index (χ0v) is 15.2. The number of benzene rings is 1. The van der Waals surface area contributed by atoms with Crippen LogP contribution in [0.25, 0.3) is 0 Å². The number of thiazole rings is 1. The summed E-state index contributed by atoms with van der Waals surface area (Å²) in [6.07, 6.45) is 1.85. The number of thioether (sulfide) groups is 1. The maximum Gasteiger partial charge on any atom is 0.280 e. The summed E-state index contributed by atoms with van der Waals surface area (Å²) in [7, 11) is 3.42. The third-order valence-corrected chi connectivity index (χ3v) is 4.98. The van der Waals surface area contributed by atoms with E-state index in [0.29, 0.717) is 23.5 Å². The van der Waals surface area contributed by atoms with Gasteiger partial charge in [0, 0.05) is 37.2 Å². The van der Waals surface area contributed by atoms with E-state index in [9.17, 15) is 9.59 Å². The molecule has 1 aromatic heterocycles. The average Bonchev–Trinajstić information content (AvgIpc) is 2.98. The fourth-order valence-electron chi connectivity index (χ4n) is 1.84. The van der Waals surface area contributed by atoms with Crippen LogP contribution in [0.3, 0.4) is 0 Å². The predicted octanol–water partition coefficient (Wildman–Crippen LogP) is 1.68. The second kappa shape index (κ2) is 9.41. The number of aromatic nitrogens is 1. The van der Waals surface area contributed by atoms with Crippen molar-refractivity contribution in [2.24, 2.45) is 12.0 Å². The fourth-order valence-corrected chi connectivity index (χ4v) is 3.44. The van der Waals surface area contributed by atoms with Crippen molar-refractivity contribution in [3.63, 3.8) is 0 Å². The molecule has 0 saturated heterocycles. The topological polar surface area (TPSA) is 72.7 Å². The molecule has 1 N–H and O–H groups in total. The number of hydrogen-bond donors (Lipinski definition) is 1. The molecule has 6 nitrogen and oxygen atoms in total. The van der Waals surface area contributed by atoms with Gasteiger partial charge in [-0.2, -0.15) is 4.99 Å². The molecule has 0 saturated carbocycles. The first-order valence-electron chi connectivity index (χ1n) is 7.28. The lowest BCUT2D eigenvalue weighted by Crippen LogP contribution is -2.28. The van der Waals surface area contributed by atoms with Crippen molar-refractivity contribution in [3.8, 4) is 0 Å². The summed E-state index contributed by atoms with van der Waals surface area (Å²) in [4.78, 5) is 29.7. The minimum Gasteiger partial charge on any atom is -0.383 e. The SMILES string of the molecule is COCCNC(=O)CSc1ccccc1C(=O)N=c1sccn1C. The number of aryl methyl sites for hydroxylation is 1. The first-order valence-corrected chi connectivity index (χ1v) is 9.15. The molecule has 2 rings (SSSR count). The molecule has 0 spiro atoms. The Morgan fingerprint density at radius 3 is 2.88 bits per heavy atom. The van der Waals surface area contributed by atoms with Crippen LogP contribution in [0, 0.1) is 0 Å². The summed E-state index contributed by atoms with van der Waals surface area (Å²) >= 11 is 2.72. The van der Waals surface area contributed by atoms with Gasteiger partial charge in [0.1, 0.15) is 0 Å². The van der Waals surface area contributed by atoms with Crippen molar-refractivity contribution in [3.05, 3.63) is 46.2 Å². The Hall–Kier alpha value is -1.90. The van der Waals surface area contributed by atoms with E-state index in [1.807, 2.05) is 30.8 Å². The maximum absolute atomic E-state index is 12.4. The van der Waals surface area contributed by atoms with Crippen LogP contribution in [0.5, 0.6) is 0 Å². The minimum atomic E-state index is -0.309. The molecular weight excluding hydrogens is 346 g/mol. The van der Waals surface area contributed by atoms with Crippen molar-refractivity contribution in [2.45, 2.75) is 4.90 Å². The van der Waals surface area contributed by atoms with Gasteiger partial charge < -0.3 is 14.6 Å². The second-order valence-electron chi connectivity index (χ2n) is 4.84. The number of hydrogen-bond acceptors (Lipinski definition) is 5. The normalized spacial score (nSPS) is 11.5. The van der Waals surface area contributed by atoms with Crippen LogP contribution in [0.4, 0.5) is 0 Å². The van der Waals surface area contributed by atoms with Crippen LogP contribution in [0.2, 0.25) is 0 Å². The average molecular weight is 365 g/mol. The predicted molar refractivity (Wildman–Crippen MR) is 95.2 cm³/mol. The van der Waals surface area contributed by atoms with Crippen molar-refractivity contribution >= 4 is 34.9 Å². The molecule has 0 atom stereocenters. The largest absolute Gasteiger partial charge is 0.383 e. The number of carbonyl (C=O) groups is 2. The van der Waals surface area contributed by atoms with Gasteiger partial charge in [-0.15, -0.1) is 23.1 Å². The van der Waals surface area contributed by atoms with Crippen molar-refractivity contribution in [1.82, 2.24) is 9.88 Å². The number of rotatable bonds is 7. The van der Waals surface area contributed by atoms with Crippen LogP contribution >= 0.6 is 23.1 Å². The zero-order valence-electron chi connectivity index (χ0n) is 13.5. The lowest BCUT2D eigenvalue weighted by atomic mass is 10.2. The van der Waals surface area contributed by atoms with Crippen LogP contribution < -0.4 is 10.1 Å². The highest BCUT2D eigenvalue weighted by Gasteiger charge is 2.12. The van der Waals surface area contributed by atoms with E-state index in [2.05, 4.69) is 10.3 Å². The molecule has 0 bridgehead atoms. The molecule has 1 heterocycles. The third kappa shape index (κ3) is 5.33. The van der Waals surface area contributed by atoms with Crippen LogP contribution in [-0.4, -0.2) is 42.4 Å². The Morgan fingerprint density at radius 1 is 1.38 bits per heavy atom. The highest BCUT2D eigenvalue weighted by molar-refractivity contribution is 8.00. The molecule has 0 unspecified atom stereocenters. The molecular formula is C16H19N3O3S2. The number of nitrogens with zero attached hydrogens (tertiary/aromatic N) is 2. The van der Waals surface area contributed by atoms with Crippen LogP contribution in [0.15, 0.2) is 45.7 Å². The van der Waals surface area contributed by atoms with E-state index in [4.69, 9.17) is 4.74 Å². The molecule has 24 heavy (non-hydrogen) atoms. The molecule has 0 aliphatic rings. The molecule has 2 aromatic rings. The van der Waals surface area contributed by atoms with Gasteiger partial charge in [-0.3, -0.25) is 9.59 Å².